The normalized spacial score (nSPS) is 12.7. The number of nitrogens with zero attached hydrogens (tertiary/aromatic N) is 1. The molecule has 1 aromatic heterocycles. The van der Waals surface area contributed by atoms with Gasteiger partial charge in [-0.15, -0.1) is 0 Å². The van der Waals surface area contributed by atoms with E-state index in [2.05, 4.69) is 15.5 Å². The van der Waals surface area contributed by atoms with E-state index in [-0.39, 0.29) is 16.7 Å². The molecular weight excluding hydrogens is 301 g/mol. The van der Waals surface area contributed by atoms with E-state index in [4.69, 9.17) is 0 Å². The van der Waals surface area contributed by atoms with Crippen molar-refractivity contribution in [2.75, 3.05) is 0 Å². The Hall–Kier alpha value is -2.70. The predicted octanol–water partition coefficient (Wildman–Crippen LogP) is 2.40. The number of amides is 1. The molecule has 6 nitrogen and oxygen atoms in total. The summed E-state index contributed by atoms with van der Waals surface area (Å²) in [5, 5.41) is 18.2. The highest BCUT2D eigenvalue weighted by Crippen LogP contribution is 2.21. The summed E-state index contributed by atoms with van der Waals surface area (Å²) in [5.41, 5.74) is 0.446. The number of nitrogens with one attached hydrogen (secondary N) is 2. The average Bonchev–Trinajstić information content (AvgIpc) is 2.95. The van der Waals surface area contributed by atoms with Gasteiger partial charge in [-0.3, -0.25) is 9.89 Å². The maximum absolute atomic E-state index is 13.8. The molecule has 1 heterocycles. The summed E-state index contributed by atoms with van der Waals surface area (Å²) in [6.45, 7) is 5.84. The summed E-state index contributed by atoms with van der Waals surface area (Å²) < 4.78 is 13.8. The molecule has 0 aliphatic rings. The monoisotopic (exact) mass is 319 g/mol. The predicted molar refractivity (Wildman–Crippen MR) is 81.5 cm³/mol. The topological polar surface area (TPSA) is 95.1 Å². The highest BCUT2D eigenvalue weighted by atomic mass is 19.1. The number of rotatable bonds is 4. The van der Waals surface area contributed by atoms with E-state index >= 15 is 0 Å². The summed E-state index contributed by atoms with van der Waals surface area (Å²) in [6.07, 6.45) is 0. The maximum atomic E-state index is 13.8. The van der Waals surface area contributed by atoms with Crippen molar-refractivity contribution in [1.82, 2.24) is 15.5 Å². The molecule has 2 aromatic rings. The number of hydrogen-bond acceptors (Lipinski definition) is 3. The van der Waals surface area contributed by atoms with Gasteiger partial charge in [-0.2, -0.15) is 5.10 Å². The summed E-state index contributed by atoms with van der Waals surface area (Å²) >= 11 is 0. The van der Waals surface area contributed by atoms with Crippen LogP contribution in [0.4, 0.5) is 4.39 Å². The smallest absolute Gasteiger partial charge is 0.331 e. The van der Waals surface area contributed by atoms with Crippen LogP contribution in [-0.2, 0) is 10.2 Å². The Bertz CT molecular complexity index is 734. The third-order valence-electron chi connectivity index (χ3n) is 3.36. The third-order valence-corrected chi connectivity index (χ3v) is 3.36. The number of aromatic amines is 1. The van der Waals surface area contributed by atoms with E-state index < -0.39 is 23.7 Å². The van der Waals surface area contributed by atoms with Gasteiger partial charge in [-0.25, -0.2) is 9.18 Å². The van der Waals surface area contributed by atoms with Gasteiger partial charge in [-0.05, 0) is 12.1 Å². The molecule has 0 saturated carbocycles. The first kappa shape index (κ1) is 16.7. The van der Waals surface area contributed by atoms with Crippen LogP contribution in [-0.4, -0.2) is 27.2 Å². The number of aliphatic carboxylic acids is 1. The van der Waals surface area contributed by atoms with E-state index in [0.29, 0.717) is 0 Å². The van der Waals surface area contributed by atoms with Crippen LogP contribution in [0.1, 0.15) is 48.6 Å². The second-order valence-electron chi connectivity index (χ2n) is 6.18. The summed E-state index contributed by atoms with van der Waals surface area (Å²) in [4.78, 5) is 23.6. The molecule has 122 valence electrons. The molecule has 0 spiro atoms. The largest absolute Gasteiger partial charge is 0.479 e. The van der Waals surface area contributed by atoms with Gasteiger partial charge in [-0.1, -0.05) is 39.0 Å². The van der Waals surface area contributed by atoms with Gasteiger partial charge in [0.05, 0.1) is 0 Å². The van der Waals surface area contributed by atoms with Crippen molar-refractivity contribution in [1.29, 1.82) is 0 Å². The second-order valence-corrected chi connectivity index (χ2v) is 6.18. The molecule has 1 atom stereocenters. The van der Waals surface area contributed by atoms with Crippen molar-refractivity contribution in [3.05, 3.63) is 53.1 Å². The van der Waals surface area contributed by atoms with Crippen molar-refractivity contribution >= 4 is 11.9 Å². The SMILES string of the molecule is CC(C)(C)c1cc(C(=O)NC(C(=O)O)c2ccccc2F)n[nH]1. The van der Waals surface area contributed by atoms with E-state index in [1.54, 1.807) is 6.07 Å². The lowest BCUT2D eigenvalue weighted by Gasteiger charge is -2.15. The van der Waals surface area contributed by atoms with Crippen LogP contribution in [0.2, 0.25) is 0 Å². The lowest BCUT2D eigenvalue weighted by molar-refractivity contribution is -0.139. The van der Waals surface area contributed by atoms with Gasteiger partial charge in [0.2, 0.25) is 0 Å². The fourth-order valence-corrected chi connectivity index (χ4v) is 2.01. The zero-order valence-electron chi connectivity index (χ0n) is 13.1. The van der Waals surface area contributed by atoms with Crippen LogP contribution in [0, 0.1) is 5.82 Å². The van der Waals surface area contributed by atoms with E-state index in [9.17, 15) is 19.1 Å². The zero-order valence-corrected chi connectivity index (χ0v) is 13.1. The van der Waals surface area contributed by atoms with Gasteiger partial charge in [0.1, 0.15) is 11.5 Å². The molecule has 0 bridgehead atoms. The van der Waals surface area contributed by atoms with Crippen molar-refractivity contribution < 1.29 is 19.1 Å². The quantitative estimate of drug-likeness (QED) is 0.806. The Labute approximate surface area is 132 Å². The third kappa shape index (κ3) is 3.74. The number of halogens is 1. The van der Waals surface area contributed by atoms with E-state index in [0.717, 1.165) is 11.8 Å². The molecule has 0 saturated heterocycles. The van der Waals surface area contributed by atoms with Gasteiger partial charge < -0.3 is 10.4 Å². The van der Waals surface area contributed by atoms with Crippen LogP contribution in [0.25, 0.3) is 0 Å². The molecule has 0 radical (unpaired) electrons. The van der Waals surface area contributed by atoms with Gasteiger partial charge in [0, 0.05) is 16.7 Å². The van der Waals surface area contributed by atoms with Gasteiger partial charge in [0.15, 0.2) is 6.04 Å². The number of aromatic nitrogens is 2. The number of carbonyl (C=O) groups is 2. The Morgan fingerprint density at radius 2 is 1.96 bits per heavy atom. The molecule has 1 unspecified atom stereocenters. The number of carboxylic acid groups (broad SMARTS) is 1. The van der Waals surface area contributed by atoms with Crippen molar-refractivity contribution in [3.63, 3.8) is 0 Å². The molecule has 0 aliphatic carbocycles. The summed E-state index contributed by atoms with van der Waals surface area (Å²) in [5.74, 6) is -2.74. The second kappa shape index (κ2) is 6.20. The molecule has 23 heavy (non-hydrogen) atoms. The zero-order chi connectivity index (χ0) is 17.2. The number of H-pyrrole nitrogens is 1. The Kier molecular flexibility index (Phi) is 4.49. The number of hydrogen-bond donors (Lipinski definition) is 3. The molecule has 3 N–H and O–H groups in total. The minimum atomic E-state index is -1.49. The molecule has 7 heteroatoms. The van der Waals surface area contributed by atoms with Crippen LogP contribution in [0.15, 0.2) is 30.3 Å². The molecule has 1 amide bonds. The lowest BCUT2D eigenvalue weighted by Crippen LogP contribution is -2.34. The fraction of sp³-hybridized carbons (Fsp3) is 0.312. The molecule has 0 fully saturated rings. The van der Waals surface area contributed by atoms with Gasteiger partial charge in [0.25, 0.3) is 5.91 Å². The van der Waals surface area contributed by atoms with Crippen molar-refractivity contribution in [2.24, 2.45) is 0 Å². The first-order valence-electron chi connectivity index (χ1n) is 7.04. The summed E-state index contributed by atoms with van der Waals surface area (Å²) in [7, 11) is 0. The first-order valence-corrected chi connectivity index (χ1v) is 7.04. The highest BCUT2D eigenvalue weighted by molar-refractivity contribution is 5.95. The van der Waals surface area contributed by atoms with E-state index in [1.165, 1.54) is 18.2 Å². The van der Waals surface area contributed by atoms with Crippen LogP contribution in [0.5, 0.6) is 0 Å². The molecular formula is C16H18FN3O3. The minimum absolute atomic E-state index is 0.0533. The van der Waals surface area contributed by atoms with Crippen LogP contribution >= 0.6 is 0 Å². The van der Waals surface area contributed by atoms with Crippen LogP contribution in [0.3, 0.4) is 0 Å². The Morgan fingerprint density at radius 3 is 2.48 bits per heavy atom. The standard InChI is InChI=1S/C16H18FN3O3/c1-16(2,3)12-8-11(19-20-12)14(21)18-13(15(22)23)9-6-4-5-7-10(9)17/h4-8,13H,1-3H3,(H,18,21)(H,19,20)(H,22,23). The number of carbonyl (C=O) groups excluding carboxylic acids is 1. The highest BCUT2D eigenvalue weighted by Gasteiger charge is 2.27. The minimum Gasteiger partial charge on any atom is -0.479 e. The van der Waals surface area contributed by atoms with Crippen LogP contribution < -0.4 is 5.32 Å². The Balaban J connectivity index is 2.24. The molecule has 1 aromatic carbocycles. The maximum Gasteiger partial charge on any atom is 0.331 e. The molecule has 0 aliphatic heterocycles. The average molecular weight is 319 g/mol. The van der Waals surface area contributed by atoms with E-state index in [1.807, 2.05) is 20.8 Å². The molecule has 2 rings (SSSR count). The van der Waals surface area contributed by atoms with Crippen molar-refractivity contribution in [3.8, 4) is 0 Å². The first-order chi connectivity index (χ1) is 10.7. The number of carboxylic acids is 1. The Morgan fingerprint density at radius 1 is 1.30 bits per heavy atom. The van der Waals surface area contributed by atoms with Gasteiger partial charge >= 0.3 is 5.97 Å². The number of benzene rings is 1. The lowest BCUT2D eigenvalue weighted by atomic mass is 9.92. The fourth-order valence-electron chi connectivity index (χ4n) is 2.01. The van der Waals surface area contributed by atoms with Crippen molar-refractivity contribution in [2.45, 2.75) is 32.2 Å². The summed E-state index contributed by atoms with van der Waals surface area (Å²) in [6, 6.07) is 5.48.